The monoisotopic (exact) mass is 244 g/mol. The Morgan fingerprint density at radius 2 is 2.17 bits per heavy atom. The van der Waals surface area contributed by atoms with E-state index >= 15 is 0 Å². The third kappa shape index (κ3) is 2.29. The summed E-state index contributed by atoms with van der Waals surface area (Å²) in [6.07, 6.45) is 3.11. The van der Waals surface area contributed by atoms with Crippen molar-refractivity contribution in [2.24, 2.45) is 0 Å². The highest BCUT2D eigenvalue weighted by Gasteiger charge is 2.11. The molecule has 0 bridgehead atoms. The van der Waals surface area contributed by atoms with Gasteiger partial charge >= 0.3 is 5.97 Å². The summed E-state index contributed by atoms with van der Waals surface area (Å²) in [6.45, 7) is 1.76. The van der Waals surface area contributed by atoms with Gasteiger partial charge in [0.25, 0.3) is 0 Å². The highest BCUT2D eigenvalue weighted by Crippen LogP contribution is 2.15. The van der Waals surface area contributed by atoms with Crippen LogP contribution in [0.3, 0.4) is 0 Å². The second kappa shape index (κ2) is 4.83. The van der Waals surface area contributed by atoms with Crippen LogP contribution in [0.1, 0.15) is 16.1 Å². The number of aryl methyl sites for hydroxylation is 1. The summed E-state index contributed by atoms with van der Waals surface area (Å²) in [7, 11) is 1.31. The summed E-state index contributed by atoms with van der Waals surface area (Å²) in [5.74, 6) is -0.450. The maximum absolute atomic E-state index is 11.7. The molecule has 0 fully saturated rings. The predicted octanol–water partition coefficient (Wildman–Crippen LogP) is 1.53. The first-order valence-corrected chi connectivity index (χ1v) is 5.36. The van der Waals surface area contributed by atoms with E-state index in [-0.39, 0.29) is 5.43 Å². The molecular weight excluding hydrogens is 232 g/mol. The van der Waals surface area contributed by atoms with E-state index in [1.165, 1.54) is 13.2 Å². The molecule has 2 aromatic rings. The molecule has 0 aliphatic heterocycles. The molecule has 5 nitrogen and oxygen atoms in total. The van der Waals surface area contributed by atoms with Crippen molar-refractivity contribution in [1.29, 1.82) is 0 Å². The van der Waals surface area contributed by atoms with Crippen LogP contribution < -0.4 is 5.43 Å². The van der Waals surface area contributed by atoms with E-state index in [2.05, 4.69) is 14.7 Å². The average molecular weight is 244 g/mol. The Bertz CT molecular complexity index is 647. The number of methoxy groups -OCH3 is 1. The molecule has 2 rings (SSSR count). The Labute approximate surface area is 103 Å². The van der Waals surface area contributed by atoms with Gasteiger partial charge in [0.1, 0.15) is 0 Å². The van der Waals surface area contributed by atoms with Crippen molar-refractivity contribution in [3.8, 4) is 11.3 Å². The summed E-state index contributed by atoms with van der Waals surface area (Å²) in [5.41, 5.74) is 1.76. The zero-order chi connectivity index (χ0) is 13.1. The van der Waals surface area contributed by atoms with E-state index in [0.29, 0.717) is 22.5 Å². The number of esters is 1. The lowest BCUT2D eigenvalue weighted by Crippen LogP contribution is -2.07. The van der Waals surface area contributed by atoms with E-state index in [4.69, 9.17) is 0 Å². The fourth-order valence-electron chi connectivity index (χ4n) is 1.66. The number of carbonyl (C=O) groups excluding carboxylic acids is 1. The van der Waals surface area contributed by atoms with E-state index in [0.717, 1.165) is 0 Å². The van der Waals surface area contributed by atoms with Crippen molar-refractivity contribution in [2.75, 3.05) is 7.11 Å². The summed E-state index contributed by atoms with van der Waals surface area (Å²) >= 11 is 0. The van der Waals surface area contributed by atoms with Gasteiger partial charge in [0.05, 0.1) is 23.9 Å². The first-order chi connectivity index (χ1) is 8.61. The van der Waals surface area contributed by atoms with Crippen LogP contribution in [-0.2, 0) is 4.74 Å². The molecule has 0 aliphatic carbocycles. The Morgan fingerprint density at radius 1 is 1.39 bits per heavy atom. The van der Waals surface area contributed by atoms with Gasteiger partial charge < -0.3 is 9.72 Å². The van der Waals surface area contributed by atoms with Gasteiger partial charge in [-0.1, -0.05) is 0 Å². The van der Waals surface area contributed by atoms with Crippen molar-refractivity contribution in [2.45, 2.75) is 6.92 Å². The Morgan fingerprint density at radius 3 is 2.83 bits per heavy atom. The van der Waals surface area contributed by atoms with Crippen LogP contribution in [0.2, 0.25) is 0 Å². The summed E-state index contributed by atoms with van der Waals surface area (Å²) in [4.78, 5) is 30.3. The van der Waals surface area contributed by atoms with Crippen molar-refractivity contribution >= 4 is 5.97 Å². The fourth-order valence-corrected chi connectivity index (χ4v) is 1.66. The number of nitrogens with one attached hydrogen (secondary N) is 1. The lowest BCUT2D eigenvalue weighted by molar-refractivity contribution is 0.0600. The molecule has 0 amide bonds. The van der Waals surface area contributed by atoms with Crippen molar-refractivity contribution < 1.29 is 9.53 Å². The van der Waals surface area contributed by atoms with Gasteiger partial charge in [-0.15, -0.1) is 0 Å². The number of aromatic amines is 1. The van der Waals surface area contributed by atoms with Crippen LogP contribution in [0, 0.1) is 6.92 Å². The Balaban J connectivity index is 2.59. The third-order valence-electron chi connectivity index (χ3n) is 2.47. The van der Waals surface area contributed by atoms with Crippen molar-refractivity contribution in [3.63, 3.8) is 0 Å². The number of ether oxygens (including phenoxy) is 1. The highest BCUT2D eigenvalue weighted by molar-refractivity contribution is 5.90. The smallest absolute Gasteiger partial charge is 0.337 e. The molecule has 0 radical (unpaired) electrons. The molecule has 0 saturated carbocycles. The SMILES string of the molecule is COC(=O)c1cc(C)nc(-c2c[nH]ccc2=O)c1. The van der Waals surface area contributed by atoms with E-state index in [1.807, 2.05) is 0 Å². The van der Waals surface area contributed by atoms with Gasteiger partial charge in [-0.05, 0) is 19.1 Å². The fraction of sp³-hybridized carbons (Fsp3) is 0.154. The number of H-pyrrole nitrogens is 1. The molecule has 1 N–H and O–H groups in total. The largest absolute Gasteiger partial charge is 0.465 e. The molecule has 0 atom stereocenters. The first kappa shape index (κ1) is 12.0. The lowest BCUT2D eigenvalue weighted by Gasteiger charge is -2.05. The molecule has 0 unspecified atom stereocenters. The molecule has 5 heteroatoms. The summed E-state index contributed by atoms with van der Waals surface area (Å²) in [6, 6.07) is 4.58. The number of hydrogen-bond acceptors (Lipinski definition) is 4. The zero-order valence-electron chi connectivity index (χ0n) is 10.1. The molecule has 0 spiro atoms. The second-order valence-electron chi connectivity index (χ2n) is 3.80. The quantitative estimate of drug-likeness (QED) is 0.813. The number of carbonyl (C=O) groups is 1. The first-order valence-electron chi connectivity index (χ1n) is 5.36. The van der Waals surface area contributed by atoms with Gasteiger partial charge in [-0.3, -0.25) is 9.78 Å². The molecular formula is C13H12N2O3. The van der Waals surface area contributed by atoms with E-state index in [1.54, 1.807) is 31.5 Å². The maximum Gasteiger partial charge on any atom is 0.337 e. The number of nitrogens with zero attached hydrogens (tertiary/aromatic N) is 1. The van der Waals surface area contributed by atoms with Gasteiger partial charge in [0.2, 0.25) is 0 Å². The summed E-state index contributed by atoms with van der Waals surface area (Å²) < 4.78 is 4.66. The second-order valence-corrected chi connectivity index (χ2v) is 3.80. The molecule has 0 aliphatic rings. The number of rotatable bonds is 2. The molecule has 0 aromatic carbocycles. The molecule has 0 saturated heterocycles. The lowest BCUT2D eigenvalue weighted by atomic mass is 10.1. The van der Waals surface area contributed by atoms with Gasteiger partial charge in [0.15, 0.2) is 5.43 Å². The van der Waals surface area contributed by atoms with Crippen LogP contribution >= 0.6 is 0 Å². The van der Waals surface area contributed by atoms with Gasteiger partial charge in [-0.25, -0.2) is 4.79 Å². The van der Waals surface area contributed by atoms with E-state index < -0.39 is 5.97 Å². The van der Waals surface area contributed by atoms with Crippen molar-refractivity contribution in [1.82, 2.24) is 9.97 Å². The summed E-state index contributed by atoms with van der Waals surface area (Å²) in [5, 5.41) is 0. The van der Waals surface area contributed by atoms with Crippen LogP contribution in [0.25, 0.3) is 11.3 Å². The minimum absolute atomic E-state index is 0.150. The molecule has 2 aromatic heterocycles. The minimum Gasteiger partial charge on any atom is -0.465 e. The molecule has 92 valence electrons. The number of pyridine rings is 2. The van der Waals surface area contributed by atoms with Crippen LogP contribution in [-0.4, -0.2) is 23.0 Å². The third-order valence-corrected chi connectivity index (χ3v) is 2.47. The molecule has 18 heavy (non-hydrogen) atoms. The van der Waals surface area contributed by atoms with Crippen LogP contribution in [0.15, 0.2) is 35.4 Å². The minimum atomic E-state index is -0.450. The maximum atomic E-state index is 11.7. The highest BCUT2D eigenvalue weighted by atomic mass is 16.5. The van der Waals surface area contributed by atoms with Gasteiger partial charge in [0, 0.05) is 24.2 Å². The average Bonchev–Trinajstić information content (AvgIpc) is 2.37. The van der Waals surface area contributed by atoms with E-state index in [9.17, 15) is 9.59 Å². The normalized spacial score (nSPS) is 10.1. The topological polar surface area (TPSA) is 72.0 Å². The Hall–Kier alpha value is -2.43. The standard InChI is InChI=1S/C13H12N2O3/c1-8-5-9(13(17)18-2)6-11(15-8)10-7-14-4-3-12(10)16/h3-7H,1-2H3,(H,14,16). The van der Waals surface area contributed by atoms with Crippen LogP contribution in [0.5, 0.6) is 0 Å². The Kier molecular flexibility index (Phi) is 3.23. The molecule has 2 heterocycles. The van der Waals surface area contributed by atoms with Gasteiger partial charge in [-0.2, -0.15) is 0 Å². The van der Waals surface area contributed by atoms with Crippen molar-refractivity contribution in [3.05, 3.63) is 52.1 Å². The predicted molar refractivity (Wildman–Crippen MR) is 66.4 cm³/mol. The number of hydrogen-bond donors (Lipinski definition) is 1. The zero-order valence-corrected chi connectivity index (χ0v) is 10.1. The number of aromatic nitrogens is 2. The van der Waals surface area contributed by atoms with Crippen LogP contribution in [0.4, 0.5) is 0 Å².